The molecule has 0 aromatic carbocycles. The maximum absolute atomic E-state index is 10.9. The van der Waals surface area contributed by atoms with Crippen LogP contribution in [-0.4, -0.2) is 35.9 Å². The molecule has 6 heteroatoms. The first-order valence-corrected chi connectivity index (χ1v) is 7.49. The van der Waals surface area contributed by atoms with Crippen molar-refractivity contribution in [3.8, 4) is 0 Å². The monoisotopic (exact) mass is 264 g/mol. The standard InChI is InChI=1S/C10H20N2O2S2/c1-10(2,3)8(6-16-7-15-5)12-14-9(13)11-4/h6-7H2,1-5H3,(H,11,13). The van der Waals surface area contributed by atoms with Crippen molar-refractivity contribution in [2.24, 2.45) is 10.6 Å². The van der Waals surface area contributed by atoms with E-state index in [1.165, 1.54) is 7.05 Å². The fraction of sp³-hybridized carbons (Fsp3) is 0.800. The van der Waals surface area contributed by atoms with E-state index in [9.17, 15) is 4.79 Å². The molecule has 1 amide bonds. The average Bonchev–Trinajstić information content (AvgIpc) is 2.20. The molecule has 1 N–H and O–H groups in total. The Morgan fingerprint density at radius 1 is 1.44 bits per heavy atom. The van der Waals surface area contributed by atoms with Gasteiger partial charge in [0.05, 0.1) is 5.71 Å². The molecule has 4 nitrogen and oxygen atoms in total. The van der Waals surface area contributed by atoms with Crippen LogP contribution in [0.3, 0.4) is 0 Å². The summed E-state index contributed by atoms with van der Waals surface area (Å²) in [7, 11) is 1.51. The molecule has 0 unspecified atom stereocenters. The second kappa shape index (κ2) is 7.84. The minimum atomic E-state index is -0.531. The quantitative estimate of drug-likeness (QED) is 0.273. The van der Waals surface area contributed by atoms with Gasteiger partial charge in [0.2, 0.25) is 0 Å². The van der Waals surface area contributed by atoms with Crippen molar-refractivity contribution in [2.75, 3.05) is 24.1 Å². The predicted octanol–water partition coefficient (Wildman–Crippen LogP) is 2.80. The Bertz CT molecular complexity index is 250. The molecule has 0 fully saturated rings. The van der Waals surface area contributed by atoms with Gasteiger partial charge in [0.1, 0.15) is 0 Å². The molecule has 0 bridgehead atoms. The van der Waals surface area contributed by atoms with Crippen LogP contribution in [0.25, 0.3) is 0 Å². The summed E-state index contributed by atoms with van der Waals surface area (Å²) < 4.78 is 0. The number of hydrogen-bond acceptors (Lipinski definition) is 5. The summed E-state index contributed by atoms with van der Waals surface area (Å²) in [4.78, 5) is 15.7. The lowest BCUT2D eigenvalue weighted by Gasteiger charge is -2.20. The highest BCUT2D eigenvalue weighted by Crippen LogP contribution is 2.21. The molecule has 16 heavy (non-hydrogen) atoms. The van der Waals surface area contributed by atoms with E-state index >= 15 is 0 Å². The van der Waals surface area contributed by atoms with E-state index in [1.54, 1.807) is 23.5 Å². The van der Waals surface area contributed by atoms with Crippen molar-refractivity contribution < 1.29 is 9.63 Å². The van der Waals surface area contributed by atoms with Gasteiger partial charge >= 0.3 is 6.09 Å². The number of nitrogens with one attached hydrogen (secondary N) is 1. The fourth-order valence-corrected chi connectivity index (χ4v) is 2.42. The molecule has 0 aromatic rings. The largest absolute Gasteiger partial charge is 0.433 e. The normalized spacial score (nSPS) is 12.4. The fourth-order valence-electron chi connectivity index (χ4n) is 0.744. The van der Waals surface area contributed by atoms with Gasteiger partial charge in [-0.05, 0) is 6.26 Å². The minimum Gasteiger partial charge on any atom is -0.323 e. The molecule has 0 radical (unpaired) electrons. The Morgan fingerprint density at radius 3 is 2.50 bits per heavy atom. The SMILES string of the molecule is CNC(=O)ON=C(CSCSC)C(C)(C)C. The van der Waals surface area contributed by atoms with Crippen LogP contribution in [0, 0.1) is 5.41 Å². The van der Waals surface area contributed by atoms with Gasteiger partial charge in [0, 0.05) is 23.3 Å². The smallest absolute Gasteiger partial charge is 0.323 e. The predicted molar refractivity (Wildman–Crippen MR) is 73.3 cm³/mol. The lowest BCUT2D eigenvalue weighted by Crippen LogP contribution is -2.25. The molecule has 0 saturated heterocycles. The Labute approximate surface area is 106 Å². The van der Waals surface area contributed by atoms with Crippen LogP contribution in [0.4, 0.5) is 4.79 Å². The van der Waals surface area contributed by atoms with Gasteiger partial charge < -0.3 is 5.32 Å². The van der Waals surface area contributed by atoms with Crippen molar-refractivity contribution in [3.63, 3.8) is 0 Å². The molecular weight excluding hydrogens is 244 g/mol. The van der Waals surface area contributed by atoms with Crippen LogP contribution >= 0.6 is 23.5 Å². The van der Waals surface area contributed by atoms with Gasteiger partial charge in [-0.2, -0.15) is 11.8 Å². The van der Waals surface area contributed by atoms with E-state index < -0.39 is 6.09 Å². The highest BCUT2D eigenvalue weighted by atomic mass is 32.2. The van der Waals surface area contributed by atoms with Gasteiger partial charge in [-0.25, -0.2) is 4.79 Å². The van der Waals surface area contributed by atoms with Crippen LogP contribution in [0.5, 0.6) is 0 Å². The summed E-state index contributed by atoms with van der Waals surface area (Å²) in [6.07, 6.45) is 1.53. The van der Waals surface area contributed by atoms with Crippen LogP contribution in [0.2, 0.25) is 0 Å². The Morgan fingerprint density at radius 2 is 2.06 bits per heavy atom. The number of oxime groups is 1. The van der Waals surface area contributed by atoms with Crippen molar-refractivity contribution in [1.29, 1.82) is 0 Å². The van der Waals surface area contributed by atoms with Crippen molar-refractivity contribution >= 4 is 35.3 Å². The first-order valence-electron chi connectivity index (χ1n) is 4.94. The lowest BCUT2D eigenvalue weighted by atomic mass is 9.91. The van der Waals surface area contributed by atoms with Crippen molar-refractivity contribution in [3.05, 3.63) is 0 Å². The lowest BCUT2D eigenvalue weighted by molar-refractivity contribution is 0.152. The minimum absolute atomic E-state index is 0.0839. The third kappa shape index (κ3) is 7.00. The van der Waals surface area contributed by atoms with E-state index in [2.05, 4.69) is 37.5 Å². The van der Waals surface area contributed by atoms with E-state index in [1.807, 2.05) is 0 Å². The van der Waals surface area contributed by atoms with E-state index in [4.69, 9.17) is 4.84 Å². The maximum atomic E-state index is 10.9. The van der Waals surface area contributed by atoms with Gasteiger partial charge in [-0.15, -0.1) is 11.8 Å². The Kier molecular flexibility index (Phi) is 7.66. The zero-order valence-electron chi connectivity index (χ0n) is 10.5. The van der Waals surface area contributed by atoms with Crippen LogP contribution in [-0.2, 0) is 4.84 Å². The van der Waals surface area contributed by atoms with Gasteiger partial charge in [0.25, 0.3) is 0 Å². The summed E-state index contributed by atoms with van der Waals surface area (Å²) in [5.74, 6) is 0.779. The second-order valence-electron chi connectivity index (χ2n) is 4.17. The molecule has 0 saturated carbocycles. The number of carbonyl (C=O) groups excluding carboxylic acids is 1. The van der Waals surface area contributed by atoms with Crippen LogP contribution in [0.15, 0.2) is 5.16 Å². The number of nitrogens with zero attached hydrogens (tertiary/aromatic N) is 1. The Balaban J connectivity index is 4.37. The molecule has 0 heterocycles. The number of thioether (sulfide) groups is 2. The third-order valence-electron chi connectivity index (χ3n) is 1.75. The van der Waals surface area contributed by atoms with Crippen molar-refractivity contribution in [1.82, 2.24) is 5.32 Å². The van der Waals surface area contributed by atoms with E-state index in [-0.39, 0.29) is 5.41 Å². The first-order chi connectivity index (χ1) is 7.41. The van der Waals surface area contributed by atoms with Crippen LogP contribution in [0.1, 0.15) is 20.8 Å². The highest BCUT2D eigenvalue weighted by molar-refractivity contribution is 8.15. The van der Waals surface area contributed by atoms with E-state index in [0.29, 0.717) is 0 Å². The zero-order valence-corrected chi connectivity index (χ0v) is 12.1. The summed E-state index contributed by atoms with van der Waals surface area (Å²) >= 11 is 3.54. The molecular formula is C10H20N2O2S2. The highest BCUT2D eigenvalue weighted by Gasteiger charge is 2.20. The molecule has 0 aliphatic carbocycles. The molecule has 94 valence electrons. The molecule has 0 aliphatic rings. The molecule has 0 rings (SSSR count). The molecule has 0 aromatic heterocycles. The van der Waals surface area contributed by atoms with Gasteiger partial charge in [-0.3, -0.25) is 4.84 Å². The van der Waals surface area contributed by atoms with E-state index in [0.717, 1.165) is 16.5 Å². The van der Waals surface area contributed by atoms with Crippen LogP contribution < -0.4 is 5.32 Å². The van der Waals surface area contributed by atoms with Gasteiger partial charge in [-0.1, -0.05) is 25.9 Å². The van der Waals surface area contributed by atoms with Crippen molar-refractivity contribution in [2.45, 2.75) is 20.8 Å². The average molecular weight is 264 g/mol. The maximum Gasteiger partial charge on any atom is 0.433 e. The third-order valence-corrected chi connectivity index (χ3v) is 3.84. The molecule has 0 aliphatic heterocycles. The van der Waals surface area contributed by atoms with Gasteiger partial charge in [0.15, 0.2) is 0 Å². The number of carbonyl (C=O) groups is 1. The zero-order chi connectivity index (χ0) is 12.6. The topological polar surface area (TPSA) is 50.7 Å². The number of amides is 1. The second-order valence-corrected chi connectivity index (χ2v) is 6.39. The summed E-state index contributed by atoms with van der Waals surface area (Å²) in [5.41, 5.74) is 0.800. The summed E-state index contributed by atoms with van der Waals surface area (Å²) in [6, 6.07) is 0. The summed E-state index contributed by atoms with van der Waals surface area (Å²) in [5, 5.41) is 7.28. The number of hydrogen-bond donors (Lipinski definition) is 1. The number of rotatable bonds is 5. The Hall–Kier alpha value is -0.360. The summed E-state index contributed by atoms with van der Waals surface area (Å²) in [6.45, 7) is 6.16. The molecule has 0 atom stereocenters. The molecule has 0 spiro atoms. The first kappa shape index (κ1) is 15.6.